The number of carbonyl (C=O) groups excluding carboxylic acids is 1. The van der Waals surface area contributed by atoms with Crippen LogP contribution in [0, 0.1) is 11.8 Å². The van der Waals surface area contributed by atoms with Gasteiger partial charge in [-0.1, -0.05) is 62.9 Å². The molecule has 0 aliphatic heterocycles. The van der Waals surface area contributed by atoms with Gasteiger partial charge in [0.15, 0.2) is 4.34 Å². The summed E-state index contributed by atoms with van der Waals surface area (Å²) in [7, 11) is 0. The first kappa shape index (κ1) is 22.5. The standard InChI is InChI=1S/C20H30N4O2S2/c1-6-26-17-10-8-7-9-16(17)21-19-22-23-20(28-19)27-13-18(25)24(11-14(2)3)12-15(4)5/h7-10,14-15H,6,11-13H2,1-5H3,(H,21,22). The van der Waals surface area contributed by atoms with E-state index in [1.807, 2.05) is 36.1 Å². The number of ether oxygens (including phenoxy) is 1. The number of nitrogens with one attached hydrogen (secondary N) is 1. The van der Waals surface area contributed by atoms with Crippen molar-refractivity contribution in [3.05, 3.63) is 24.3 Å². The Bertz CT molecular complexity index is 739. The molecule has 2 rings (SSSR count). The largest absolute Gasteiger partial charge is 0.492 e. The van der Waals surface area contributed by atoms with Gasteiger partial charge in [0.1, 0.15) is 5.75 Å². The van der Waals surface area contributed by atoms with E-state index >= 15 is 0 Å². The van der Waals surface area contributed by atoms with Crippen LogP contribution in [-0.2, 0) is 4.79 Å². The first-order valence-corrected chi connectivity index (χ1v) is 11.4. The van der Waals surface area contributed by atoms with Crippen LogP contribution in [0.4, 0.5) is 10.8 Å². The maximum Gasteiger partial charge on any atom is 0.233 e. The summed E-state index contributed by atoms with van der Waals surface area (Å²) in [6.45, 7) is 12.7. The van der Waals surface area contributed by atoms with Gasteiger partial charge in [0.05, 0.1) is 18.0 Å². The fourth-order valence-electron chi connectivity index (χ4n) is 2.66. The number of rotatable bonds is 11. The monoisotopic (exact) mass is 422 g/mol. The third kappa shape index (κ3) is 7.31. The van der Waals surface area contributed by atoms with E-state index in [0.717, 1.165) is 28.9 Å². The Morgan fingerprint density at radius 3 is 2.50 bits per heavy atom. The second-order valence-electron chi connectivity index (χ2n) is 7.30. The minimum Gasteiger partial charge on any atom is -0.492 e. The number of nitrogens with zero attached hydrogens (tertiary/aromatic N) is 3. The second-order valence-corrected chi connectivity index (χ2v) is 9.50. The van der Waals surface area contributed by atoms with Gasteiger partial charge >= 0.3 is 0 Å². The molecular weight excluding hydrogens is 392 g/mol. The highest BCUT2D eigenvalue weighted by Gasteiger charge is 2.17. The number of carbonyl (C=O) groups is 1. The molecule has 154 valence electrons. The molecule has 0 spiro atoms. The molecule has 0 fully saturated rings. The Morgan fingerprint density at radius 1 is 1.18 bits per heavy atom. The maximum absolute atomic E-state index is 12.6. The fourth-order valence-corrected chi connectivity index (χ4v) is 4.33. The van der Waals surface area contributed by atoms with Crippen LogP contribution in [0.5, 0.6) is 5.75 Å². The SMILES string of the molecule is CCOc1ccccc1Nc1nnc(SCC(=O)N(CC(C)C)CC(C)C)s1. The van der Waals surface area contributed by atoms with E-state index in [-0.39, 0.29) is 5.91 Å². The summed E-state index contributed by atoms with van der Waals surface area (Å²) < 4.78 is 6.40. The Kier molecular flexibility index (Phi) is 9.05. The molecule has 0 radical (unpaired) electrons. The zero-order chi connectivity index (χ0) is 20.5. The summed E-state index contributed by atoms with van der Waals surface area (Å²) in [5.41, 5.74) is 0.855. The summed E-state index contributed by atoms with van der Waals surface area (Å²) in [6, 6.07) is 7.74. The Labute approximate surface area is 176 Å². The third-order valence-corrected chi connectivity index (χ3v) is 5.63. The average Bonchev–Trinajstić information content (AvgIpc) is 3.07. The highest BCUT2D eigenvalue weighted by atomic mass is 32.2. The highest BCUT2D eigenvalue weighted by molar-refractivity contribution is 8.01. The molecule has 1 N–H and O–H groups in total. The lowest BCUT2D eigenvalue weighted by molar-refractivity contribution is -0.129. The van der Waals surface area contributed by atoms with Crippen molar-refractivity contribution in [3.63, 3.8) is 0 Å². The van der Waals surface area contributed by atoms with Crippen molar-refractivity contribution in [1.82, 2.24) is 15.1 Å². The first-order valence-electron chi connectivity index (χ1n) is 9.62. The molecule has 0 atom stereocenters. The molecule has 0 bridgehead atoms. The molecule has 1 aromatic carbocycles. The highest BCUT2D eigenvalue weighted by Crippen LogP contribution is 2.31. The zero-order valence-corrected chi connectivity index (χ0v) is 18.9. The number of benzene rings is 1. The predicted molar refractivity (Wildman–Crippen MR) is 118 cm³/mol. The van der Waals surface area contributed by atoms with Gasteiger partial charge in [-0.2, -0.15) is 0 Å². The molecule has 2 aromatic rings. The van der Waals surface area contributed by atoms with Crippen LogP contribution in [0.1, 0.15) is 34.6 Å². The minimum atomic E-state index is 0.152. The van der Waals surface area contributed by atoms with Crippen LogP contribution in [0.25, 0.3) is 0 Å². The number of hydrogen-bond donors (Lipinski definition) is 1. The van der Waals surface area contributed by atoms with E-state index < -0.39 is 0 Å². The van der Waals surface area contributed by atoms with Gasteiger partial charge in [-0.05, 0) is 30.9 Å². The van der Waals surface area contributed by atoms with E-state index in [1.54, 1.807) is 0 Å². The van der Waals surface area contributed by atoms with Gasteiger partial charge in [-0.25, -0.2) is 0 Å². The summed E-state index contributed by atoms with van der Waals surface area (Å²) >= 11 is 2.88. The van der Waals surface area contributed by atoms with Gasteiger partial charge in [-0.3, -0.25) is 4.79 Å². The molecule has 1 amide bonds. The van der Waals surface area contributed by atoms with E-state index in [2.05, 4.69) is 43.2 Å². The number of aromatic nitrogens is 2. The lowest BCUT2D eigenvalue weighted by Gasteiger charge is -2.26. The number of anilines is 2. The van der Waals surface area contributed by atoms with Crippen molar-refractivity contribution >= 4 is 39.8 Å². The van der Waals surface area contributed by atoms with Gasteiger partial charge in [0.25, 0.3) is 0 Å². The summed E-state index contributed by atoms with van der Waals surface area (Å²) in [5.74, 6) is 2.22. The molecule has 0 aliphatic rings. The third-order valence-electron chi connectivity index (χ3n) is 3.68. The topological polar surface area (TPSA) is 67.3 Å². The molecule has 0 unspecified atom stereocenters. The molecule has 0 saturated heterocycles. The van der Waals surface area contributed by atoms with Crippen LogP contribution in [0.3, 0.4) is 0 Å². The summed E-state index contributed by atoms with van der Waals surface area (Å²) in [5, 5.41) is 12.3. The number of hydrogen-bond acceptors (Lipinski definition) is 7. The maximum atomic E-state index is 12.6. The van der Waals surface area contributed by atoms with E-state index in [1.165, 1.54) is 23.1 Å². The first-order chi connectivity index (χ1) is 13.4. The Morgan fingerprint density at radius 2 is 1.86 bits per heavy atom. The fraction of sp³-hybridized carbons (Fsp3) is 0.550. The van der Waals surface area contributed by atoms with Crippen LogP contribution in [0.2, 0.25) is 0 Å². The second kappa shape index (κ2) is 11.3. The van der Waals surface area contributed by atoms with E-state index in [9.17, 15) is 4.79 Å². The van der Waals surface area contributed by atoms with Crippen molar-refractivity contribution in [2.75, 3.05) is 30.8 Å². The predicted octanol–water partition coefficient (Wildman–Crippen LogP) is 4.91. The van der Waals surface area contributed by atoms with Crippen molar-refractivity contribution < 1.29 is 9.53 Å². The zero-order valence-electron chi connectivity index (χ0n) is 17.3. The van der Waals surface area contributed by atoms with Crippen LogP contribution in [-0.4, -0.2) is 46.5 Å². The lowest BCUT2D eigenvalue weighted by atomic mass is 10.1. The van der Waals surface area contributed by atoms with E-state index in [0.29, 0.717) is 29.3 Å². The molecule has 6 nitrogen and oxygen atoms in total. The summed E-state index contributed by atoms with van der Waals surface area (Å²) in [4.78, 5) is 14.6. The molecule has 0 aliphatic carbocycles. The number of para-hydroxylation sites is 2. The quantitative estimate of drug-likeness (QED) is 0.519. The van der Waals surface area contributed by atoms with Gasteiger partial charge in [0.2, 0.25) is 11.0 Å². The van der Waals surface area contributed by atoms with Crippen molar-refractivity contribution in [2.45, 2.75) is 39.0 Å². The van der Waals surface area contributed by atoms with Crippen molar-refractivity contribution in [2.24, 2.45) is 11.8 Å². The van der Waals surface area contributed by atoms with Crippen molar-refractivity contribution in [3.8, 4) is 5.75 Å². The van der Waals surface area contributed by atoms with Crippen LogP contribution in [0.15, 0.2) is 28.6 Å². The summed E-state index contributed by atoms with van der Waals surface area (Å²) in [6.07, 6.45) is 0. The number of thioether (sulfide) groups is 1. The Hall–Kier alpha value is -1.80. The van der Waals surface area contributed by atoms with Crippen LogP contribution < -0.4 is 10.1 Å². The number of amides is 1. The molecule has 1 heterocycles. The molecule has 8 heteroatoms. The Balaban J connectivity index is 1.94. The lowest BCUT2D eigenvalue weighted by Crippen LogP contribution is -2.38. The normalized spacial score (nSPS) is 11.1. The van der Waals surface area contributed by atoms with Crippen molar-refractivity contribution in [1.29, 1.82) is 0 Å². The van der Waals surface area contributed by atoms with Crippen LogP contribution >= 0.6 is 23.1 Å². The molecule has 0 saturated carbocycles. The van der Waals surface area contributed by atoms with Gasteiger partial charge in [0, 0.05) is 13.1 Å². The smallest absolute Gasteiger partial charge is 0.233 e. The van der Waals surface area contributed by atoms with E-state index in [4.69, 9.17) is 4.74 Å². The molecular formula is C20H30N4O2S2. The minimum absolute atomic E-state index is 0.152. The molecule has 1 aromatic heterocycles. The molecule has 28 heavy (non-hydrogen) atoms. The van der Waals surface area contributed by atoms with Gasteiger partial charge in [-0.15, -0.1) is 10.2 Å². The van der Waals surface area contributed by atoms with Gasteiger partial charge < -0.3 is 15.0 Å². The average molecular weight is 423 g/mol.